The lowest BCUT2D eigenvalue weighted by Gasteiger charge is -2.21. The van der Waals surface area contributed by atoms with E-state index in [1.807, 2.05) is 11.6 Å². The van der Waals surface area contributed by atoms with Crippen LogP contribution in [0.25, 0.3) is 11.4 Å². The number of amides is 1. The molecular weight excluding hydrogens is 452 g/mol. The second-order valence-corrected chi connectivity index (χ2v) is 10.00. The molecule has 1 aromatic carbocycles. The second-order valence-electron chi connectivity index (χ2n) is 7.95. The first kappa shape index (κ1) is 23.3. The Bertz CT molecular complexity index is 1170. The fourth-order valence-electron chi connectivity index (χ4n) is 4.17. The van der Waals surface area contributed by atoms with Crippen LogP contribution in [0.15, 0.2) is 29.4 Å². The van der Waals surface area contributed by atoms with Crippen molar-refractivity contribution < 1.29 is 4.79 Å². The lowest BCUT2D eigenvalue weighted by molar-refractivity contribution is -0.113. The Morgan fingerprint density at radius 1 is 1.21 bits per heavy atom. The fraction of sp³-hybridized carbons (Fsp3) is 0.417. The maximum absolute atomic E-state index is 12.6. The standard InChI is InChI=1S/C24H28N6OS2/c1-4-30(5-2)17-12-10-16(11-13-17)22-27-28-24(29(22)3)32-15-21(31)26-23-19(14-25)18-8-6-7-9-20(18)33-23/h10-13H,4-9,15H2,1-3H3,(H,26,31). The first-order valence-electron chi connectivity index (χ1n) is 11.3. The number of hydrogen-bond acceptors (Lipinski definition) is 7. The Kier molecular flexibility index (Phi) is 7.36. The van der Waals surface area contributed by atoms with Crippen molar-refractivity contribution in [2.24, 2.45) is 7.05 Å². The molecule has 0 bridgehead atoms. The summed E-state index contributed by atoms with van der Waals surface area (Å²) in [4.78, 5) is 16.2. The van der Waals surface area contributed by atoms with Crippen molar-refractivity contribution in [3.05, 3.63) is 40.3 Å². The first-order chi connectivity index (χ1) is 16.0. The summed E-state index contributed by atoms with van der Waals surface area (Å²) >= 11 is 2.89. The molecule has 0 spiro atoms. The van der Waals surface area contributed by atoms with Gasteiger partial charge in [-0.15, -0.1) is 21.5 Å². The summed E-state index contributed by atoms with van der Waals surface area (Å²) < 4.78 is 1.91. The molecule has 172 valence electrons. The van der Waals surface area contributed by atoms with Gasteiger partial charge in [0, 0.05) is 36.3 Å². The molecule has 2 heterocycles. The molecule has 0 aliphatic heterocycles. The van der Waals surface area contributed by atoms with E-state index in [4.69, 9.17) is 0 Å². The lowest BCUT2D eigenvalue weighted by atomic mass is 9.96. The van der Waals surface area contributed by atoms with E-state index >= 15 is 0 Å². The van der Waals surface area contributed by atoms with Gasteiger partial charge >= 0.3 is 0 Å². The van der Waals surface area contributed by atoms with Gasteiger partial charge in [-0.3, -0.25) is 4.79 Å². The molecule has 0 fully saturated rings. The highest BCUT2D eigenvalue weighted by Gasteiger charge is 2.22. The Morgan fingerprint density at radius 3 is 2.64 bits per heavy atom. The number of carbonyl (C=O) groups is 1. The van der Waals surface area contributed by atoms with Crippen LogP contribution in [0, 0.1) is 11.3 Å². The molecule has 0 saturated carbocycles. The number of fused-ring (bicyclic) bond motifs is 1. The molecule has 0 unspecified atom stereocenters. The molecular formula is C24H28N6OS2. The van der Waals surface area contributed by atoms with Gasteiger partial charge in [0.05, 0.1) is 11.3 Å². The zero-order valence-corrected chi connectivity index (χ0v) is 20.9. The van der Waals surface area contributed by atoms with Gasteiger partial charge in [-0.2, -0.15) is 5.26 Å². The number of benzene rings is 1. The van der Waals surface area contributed by atoms with E-state index in [1.165, 1.54) is 22.3 Å². The van der Waals surface area contributed by atoms with Gasteiger partial charge in [0.1, 0.15) is 11.1 Å². The summed E-state index contributed by atoms with van der Waals surface area (Å²) in [5, 5.41) is 22.5. The van der Waals surface area contributed by atoms with Gasteiger partial charge in [-0.05, 0) is 69.4 Å². The van der Waals surface area contributed by atoms with E-state index in [1.54, 1.807) is 11.3 Å². The van der Waals surface area contributed by atoms with Gasteiger partial charge in [-0.1, -0.05) is 11.8 Å². The molecule has 0 radical (unpaired) electrons. The summed E-state index contributed by atoms with van der Waals surface area (Å²) in [6, 6.07) is 10.6. The van der Waals surface area contributed by atoms with Crippen LogP contribution < -0.4 is 10.2 Å². The van der Waals surface area contributed by atoms with Crippen LogP contribution in [-0.2, 0) is 24.7 Å². The van der Waals surface area contributed by atoms with Crippen LogP contribution in [0.4, 0.5) is 10.7 Å². The average molecular weight is 481 g/mol. The molecule has 1 aliphatic rings. The van der Waals surface area contributed by atoms with Crippen molar-refractivity contribution in [2.45, 2.75) is 44.7 Å². The molecule has 33 heavy (non-hydrogen) atoms. The minimum absolute atomic E-state index is 0.136. The molecule has 0 atom stereocenters. The van der Waals surface area contributed by atoms with Crippen molar-refractivity contribution in [1.82, 2.24) is 14.8 Å². The molecule has 0 saturated heterocycles. The average Bonchev–Trinajstić information content (AvgIpc) is 3.38. The Balaban J connectivity index is 1.41. The first-order valence-corrected chi connectivity index (χ1v) is 13.1. The summed E-state index contributed by atoms with van der Waals surface area (Å²) in [6.45, 7) is 6.22. The number of nitrogens with zero attached hydrogens (tertiary/aromatic N) is 5. The van der Waals surface area contributed by atoms with Gasteiger partial charge in [0.15, 0.2) is 11.0 Å². The van der Waals surface area contributed by atoms with Gasteiger partial charge in [0.2, 0.25) is 5.91 Å². The van der Waals surface area contributed by atoms with E-state index in [2.05, 4.69) is 64.6 Å². The number of carbonyl (C=O) groups excluding carboxylic acids is 1. The number of hydrogen-bond donors (Lipinski definition) is 1. The van der Waals surface area contributed by atoms with Gasteiger partial charge < -0.3 is 14.8 Å². The fourth-order valence-corrected chi connectivity index (χ4v) is 6.13. The van der Waals surface area contributed by atoms with Gasteiger partial charge in [0.25, 0.3) is 0 Å². The van der Waals surface area contributed by atoms with Crippen molar-refractivity contribution in [1.29, 1.82) is 5.26 Å². The number of anilines is 2. The highest BCUT2D eigenvalue weighted by molar-refractivity contribution is 7.99. The maximum atomic E-state index is 12.6. The van der Waals surface area contributed by atoms with Crippen LogP contribution >= 0.6 is 23.1 Å². The molecule has 9 heteroatoms. The summed E-state index contributed by atoms with van der Waals surface area (Å²) in [6.07, 6.45) is 4.18. The van der Waals surface area contributed by atoms with Crippen molar-refractivity contribution in [3.63, 3.8) is 0 Å². The SMILES string of the molecule is CCN(CC)c1ccc(-c2nnc(SCC(=O)Nc3sc4c(c3C#N)CCCC4)n2C)cc1. The molecule has 4 rings (SSSR count). The third-order valence-corrected chi connectivity index (χ3v) is 8.18. The number of thioether (sulfide) groups is 1. The topological polar surface area (TPSA) is 86.8 Å². The number of nitrogens with one attached hydrogen (secondary N) is 1. The van der Waals surface area contributed by atoms with E-state index < -0.39 is 0 Å². The van der Waals surface area contributed by atoms with E-state index in [-0.39, 0.29) is 11.7 Å². The summed E-state index contributed by atoms with van der Waals surface area (Å²) in [7, 11) is 1.91. The van der Waals surface area contributed by atoms with E-state index in [0.29, 0.717) is 15.7 Å². The van der Waals surface area contributed by atoms with Gasteiger partial charge in [-0.25, -0.2) is 0 Å². The predicted octanol–water partition coefficient (Wildman–Crippen LogP) is 4.87. The maximum Gasteiger partial charge on any atom is 0.235 e. The van der Waals surface area contributed by atoms with Crippen molar-refractivity contribution in [3.8, 4) is 17.5 Å². The number of aryl methyl sites for hydroxylation is 1. The number of thiophene rings is 1. The summed E-state index contributed by atoms with van der Waals surface area (Å²) in [5.74, 6) is 0.838. The molecule has 1 amide bonds. The predicted molar refractivity (Wildman–Crippen MR) is 135 cm³/mol. The quantitative estimate of drug-likeness (QED) is 0.463. The molecule has 7 nitrogen and oxygen atoms in total. The van der Waals surface area contributed by atoms with Crippen molar-refractivity contribution in [2.75, 3.05) is 29.1 Å². The Labute approximate surface area is 202 Å². The highest BCUT2D eigenvalue weighted by Crippen LogP contribution is 2.37. The smallest absolute Gasteiger partial charge is 0.235 e. The summed E-state index contributed by atoms with van der Waals surface area (Å²) in [5.41, 5.74) is 3.94. The normalized spacial score (nSPS) is 12.8. The lowest BCUT2D eigenvalue weighted by Crippen LogP contribution is -2.21. The van der Waals surface area contributed by atoms with E-state index in [0.717, 1.165) is 55.7 Å². The van der Waals surface area contributed by atoms with Crippen molar-refractivity contribution >= 4 is 39.7 Å². The molecule has 1 aliphatic carbocycles. The van der Waals surface area contributed by atoms with Crippen LogP contribution in [0.3, 0.4) is 0 Å². The van der Waals surface area contributed by atoms with Crippen LogP contribution in [0.1, 0.15) is 42.7 Å². The number of rotatable bonds is 8. The zero-order valence-electron chi connectivity index (χ0n) is 19.2. The highest BCUT2D eigenvalue weighted by atomic mass is 32.2. The van der Waals surface area contributed by atoms with Crippen LogP contribution in [0.2, 0.25) is 0 Å². The Morgan fingerprint density at radius 2 is 1.94 bits per heavy atom. The molecule has 1 N–H and O–H groups in total. The third kappa shape index (κ3) is 4.92. The Hall–Kier alpha value is -2.83. The number of nitriles is 1. The minimum Gasteiger partial charge on any atom is -0.372 e. The monoisotopic (exact) mass is 480 g/mol. The van der Waals surface area contributed by atoms with Crippen LogP contribution in [0.5, 0.6) is 0 Å². The minimum atomic E-state index is -0.136. The van der Waals surface area contributed by atoms with Crippen LogP contribution in [-0.4, -0.2) is 39.5 Å². The molecule has 2 aromatic heterocycles. The largest absolute Gasteiger partial charge is 0.372 e. The number of aromatic nitrogens is 3. The van der Waals surface area contributed by atoms with E-state index in [9.17, 15) is 10.1 Å². The second kappa shape index (κ2) is 10.4. The molecule has 3 aromatic rings. The zero-order chi connectivity index (χ0) is 23.4. The third-order valence-electron chi connectivity index (χ3n) is 5.96.